The van der Waals surface area contributed by atoms with E-state index in [1.165, 1.54) is 5.56 Å². The van der Waals surface area contributed by atoms with Gasteiger partial charge >= 0.3 is 0 Å². The molecule has 0 radical (unpaired) electrons. The second kappa shape index (κ2) is 6.47. The van der Waals surface area contributed by atoms with Gasteiger partial charge in [0, 0.05) is 0 Å². The summed E-state index contributed by atoms with van der Waals surface area (Å²) >= 11 is 0.968. The van der Waals surface area contributed by atoms with Crippen LogP contribution in [0.1, 0.15) is 47.4 Å². The van der Waals surface area contributed by atoms with Gasteiger partial charge in [0.05, 0.1) is 5.56 Å². The number of ether oxygens (including phenoxy) is 1. The Kier molecular flexibility index (Phi) is 4.40. The molecule has 0 bridgehead atoms. The molecule has 0 saturated heterocycles. The van der Waals surface area contributed by atoms with Gasteiger partial charge in [-0.2, -0.15) is 5.26 Å². The van der Waals surface area contributed by atoms with Gasteiger partial charge in [0.2, 0.25) is 0 Å². The first kappa shape index (κ1) is 15.6. The van der Waals surface area contributed by atoms with Crippen LogP contribution in [0.15, 0.2) is 48.5 Å². The van der Waals surface area contributed by atoms with Gasteiger partial charge in [0.15, 0.2) is 5.78 Å². The summed E-state index contributed by atoms with van der Waals surface area (Å²) in [6.07, 6.45) is -0.441. The summed E-state index contributed by atoms with van der Waals surface area (Å²) < 4.78 is 6.06. The highest BCUT2D eigenvalue weighted by Crippen LogP contribution is 2.40. The Morgan fingerprint density at radius 1 is 1.13 bits per heavy atom. The Hall–Kier alpha value is -2.25. The second-order valence-corrected chi connectivity index (χ2v) is 6.78. The minimum atomic E-state index is -0.542. The molecule has 0 N–H and O–H groups in total. The van der Waals surface area contributed by atoms with E-state index >= 15 is 0 Å². The summed E-state index contributed by atoms with van der Waals surface area (Å²) in [5, 5.41) is 10.6. The zero-order valence-corrected chi connectivity index (χ0v) is 13.8. The van der Waals surface area contributed by atoms with Gasteiger partial charge in [-0.3, -0.25) is 4.79 Å². The van der Waals surface area contributed by atoms with E-state index in [9.17, 15) is 4.79 Å². The highest BCUT2D eigenvalue weighted by atomic mass is 32.2. The number of nitrogens with zero attached hydrogens (tertiary/aromatic N) is 1. The average Bonchev–Trinajstić information content (AvgIpc) is 2.57. The van der Waals surface area contributed by atoms with Crippen molar-refractivity contribution in [2.24, 2.45) is 0 Å². The molecule has 23 heavy (non-hydrogen) atoms. The summed E-state index contributed by atoms with van der Waals surface area (Å²) in [6.45, 7) is 4.28. The minimum Gasteiger partial charge on any atom is -0.483 e. The number of thioether (sulfide) groups is 1. The Bertz CT molecular complexity index is 762. The van der Waals surface area contributed by atoms with Crippen LogP contribution in [0, 0.1) is 10.7 Å². The minimum absolute atomic E-state index is 0.0451. The number of rotatable bonds is 3. The fraction of sp³-hybridized carbons (Fsp3) is 0.263. The van der Waals surface area contributed by atoms with Gasteiger partial charge in [-0.25, -0.2) is 0 Å². The lowest BCUT2D eigenvalue weighted by molar-refractivity contribution is 0.0868. The summed E-state index contributed by atoms with van der Waals surface area (Å²) in [5.41, 5.74) is 2.71. The molecule has 0 amide bonds. The molecule has 2 atom stereocenters. The van der Waals surface area contributed by atoms with Crippen molar-refractivity contribution in [1.29, 1.82) is 5.26 Å². The number of para-hydroxylation sites is 1. The lowest BCUT2D eigenvalue weighted by Crippen LogP contribution is -2.33. The Labute approximate surface area is 140 Å². The molecule has 116 valence electrons. The van der Waals surface area contributed by atoms with Gasteiger partial charge in [0.1, 0.15) is 22.5 Å². The molecule has 0 unspecified atom stereocenters. The van der Waals surface area contributed by atoms with Crippen LogP contribution in [-0.4, -0.2) is 11.0 Å². The highest BCUT2D eigenvalue weighted by molar-refractivity contribution is 8.05. The number of carbonyl (C=O) groups is 1. The molecule has 1 heterocycles. The fourth-order valence-corrected chi connectivity index (χ4v) is 3.43. The molecule has 2 aromatic carbocycles. The standard InChI is InChI=1S/C19H17NO2S/c1-12(2)13-7-9-14(10-8-13)18-19(23-11-20)17(21)15-5-3-4-6-16(15)22-18/h3-10,12,18-19H,1-2H3/t18-,19+/m1/s1. The van der Waals surface area contributed by atoms with E-state index in [2.05, 4.69) is 26.0 Å². The van der Waals surface area contributed by atoms with Crippen molar-refractivity contribution >= 4 is 17.5 Å². The topological polar surface area (TPSA) is 50.1 Å². The lowest BCUT2D eigenvalue weighted by atomic mass is 9.94. The molecule has 0 aliphatic carbocycles. The molecule has 2 aromatic rings. The molecule has 1 aliphatic rings. The number of hydrogen-bond acceptors (Lipinski definition) is 4. The van der Waals surface area contributed by atoms with Crippen molar-refractivity contribution in [2.75, 3.05) is 0 Å². The average molecular weight is 323 g/mol. The van der Waals surface area contributed by atoms with E-state index in [-0.39, 0.29) is 5.78 Å². The Balaban J connectivity index is 1.99. The Morgan fingerprint density at radius 2 is 1.83 bits per heavy atom. The van der Waals surface area contributed by atoms with E-state index in [1.54, 1.807) is 12.1 Å². The zero-order valence-electron chi connectivity index (χ0n) is 13.0. The van der Waals surface area contributed by atoms with E-state index in [0.717, 1.165) is 17.3 Å². The summed E-state index contributed by atoms with van der Waals surface area (Å²) in [5.74, 6) is 0.990. The number of nitriles is 1. The molecule has 0 saturated carbocycles. The van der Waals surface area contributed by atoms with Gasteiger partial charge in [-0.15, -0.1) is 0 Å². The quantitative estimate of drug-likeness (QED) is 0.768. The van der Waals surface area contributed by atoms with Crippen LogP contribution in [0.5, 0.6) is 5.75 Å². The number of ketones is 1. The summed E-state index contributed by atoms with van der Waals surface area (Å²) in [4.78, 5) is 12.7. The van der Waals surface area contributed by atoms with Gasteiger partial charge in [-0.05, 0) is 40.9 Å². The van der Waals surface area contributed by atoms with Crippen LogP contribution in [0.25, 0.3) is 0 Å². The third kappa shape index (κ3) is 2.97. The predicted octanol–water partition coefficient (Wildman–Crippen LogP) is 4.71. The second-order valence-electron chi connectivity index (χ2n) is 5.85. The van der Waals surface area contributed by atoms with Crippen molar-refractivity contribution in [1.82, 2.24) is 0 Å². The first-order valence-corrected chi connectivity index (χ1v) is 8.44. The van der Waals surface area contributed by atoms with Gasteiger partial charge in [0.25, 0.3) is 0 Å². The maximum atomic E-state index is 12.7. The maximum Gasteiger partial charge on any atom is 0.184 e. The lowest BCUT2D eigenvalue weighted by Gasteiger charge is -2.31. The van der Waals surface area contributed by atoms with Gasteiger partial charge < -0.3 is 4.74 Å². The Morgan fingerprint density at radius 3 is 2.48 bits per heavy atom. The van der Waals surface area contributed by atoms with Crippen LogP contribution in [0.2, 0.25) is 0 Å². The molecule has 0 spiro atoms. The number of thiocyanates is 1. The first-order valence-electron chi connectivity index (χ1n) is 7.56. The first-order chi connectivity index (χ1) is 11.1. The maximum absolute atomic E-state index is 12.7. The number of Topliss-reactive ketones (excluding diaryl/α,β-unsaturated/α-hetero) is 1. The van der Waals surface area contributed by atoms with Crippen molar-refractivity contribution in [3.63, 3.8) is 0 Å². The van der Waals surface area contributed by atoms with Crippen molar-refractivity contribution in [3.05, 3.63) is 65.2 Å². The van der Waals surface area contributed by atoms with E-state index in [0.29, 0.717) is 17.2 Å². The van der Waals surface area contributed by atoms with Gasteiger partial charge in [-0.1, -0.05) is 50.2 Å². The number of hydrogen-bond donors (Lipinski definition) is 0. The van der Waals surface area contributed by atoms with E-state index in [4.69, 9.17) is 10.00 Å². The highest BCUT2D eigenvalue weighted by Gasteiger charge is 2.38. The summed E-state index contributed by atoms with van der Waals surface area (Å²) in [7, 11) is 0. The molecular weight excluding hydrogens is 306 g/mol. The zero-order chi connectivity index (χ0) is 16.4. The van der Waals surface area contributed by atoms with Crippen LogP contribution < -0.4 is 4.74 Å². The predicted molar refractivity (Wildman–Crippen MR) is 91.7 cm³/mol. The van der Waals surface area contributed by atoms with Crippen LogP contribution >= 0.6 is 11.8 Å². The third-order valence-corrected chi connectivity index (χ3v) is 4.87. The summed E-state index contributed by atoms with van der Waals surface area (Å²) in [6, 6.07) is 15.3. The normalized spacial score (nSPS) is 19.8. The number of carbonyl (C=O) groups excluding carboxylic acids is 1. The van der Waals surface area contributed by atoms with Crippen LogP contribution in [-0.2, 0) is 0 Å². The molecule has 3 rings (SSSR count). The molecular formula is C19H17NO2S. The molecule has 3 nitrogen and oxygen atoms in total. The van der Waals surface area contributed by atoms with Crippen molar-refractivity contribution < 1.29 is 9.53 Å². The molecule has 4 heteroatoms. The molecule has 1 aliphatic heterocycles. The number of fused-ring (bicyclic) bond motifs is 1. The van der Waals surface area contributed by atoms with Crippen molar-refractivity contribution in [3.8, 4) is 11.2 Å². The largest absolute Gasteiger partial charge is 0.483 e. The molecule has 0 fully saturated rings. The smallest absolute Gasteiger partial charge is 0.184 e. The van der Waals surface area contributed by atoms with Crippen LogP contribution in [0.3, 0.4) is 0 Å². The third-order valence-electron chi connectivity index (χ3n) is 4.05. The number of benzene rings is 2. The fourth-order valence-electron chi connectivity index (χ4n) is 2.75. The monoisotopic (exact) mass is 323 g/mol. The SMILES string of the molecule is CC(C)c1ccc([C@H]2Oc3ccccc3C(=O)[C@@H]2SC#N)cc1. The van der Waals surface area contributed by atoms with Crippen LogP contribution in [0.4, 0.5) is 0 Å². The van der Waals surface area contributed by atoms with E-state index in [1.807, 2.05) is 29.7 Å². The van der Waals surface area contributed by atoms with E-state index < -0.39 is 11.4 Å². The van der Waals surface area contributed by atoms with Crippen molar-refractivity contribution in [2.45, 2.75) is 31.1 Å². The molecule has 0 aromatic heterocycles.